The third-order valence-corrected chi connectivity index (χ3v) is 0. The van der Waals surface area contributed by atoms with E-state index in [2.05, 4.69) is 0 Å². The Hall–Kier alpha value is 3.51. The molecule has 0 nitrogen and oxygen atoms in total. The smallest absolute Gasteiger partial charge is 1.00 e. The molecule has 0 radical (unpaired) electrons. The molecule has 0 amide bonds. The zero-order chi connectivity index (χ0) is 0. The summed E-state index contributed by atoms with van der Waals surface area (Å²) >= 11 is 0. The van der Waals surface area contributed by atoms with Crippen molar-refractivity contribution in [3.05, 3.63) is 0 Å². The van der Waals surface area contributed by atoms with Crippen molar-refractivity contribution in [1.82, 2.24) is 0 Å². The molecule has 0 rings (SSSR count). The Morgan fingerprint density at radius 3 is 0.667 bits per heavy atom. The van der Waals surface area contributed by atoms with E-state index in [9.17, 15) is 0 Å². The first-order valence-corrected chi connectivity index (χ1v) is 0. The van der Waals surface area contributed by atoms with Crippen LogP contribution in [-0.2, 0) is 0 Å². The fraction of sp³-hybridized carbons (Fsp3) is 0. The van der Waals surface area contributed by atoms with Crippen LogP contribution in [0.3, 0.4) is 0 Å². The molecule has 0 aromatic carbocycles. The van der Waals surface area contributed by atoms with Gasteiger partial charge in [-0.25, -0.2) is 0 Å². The maximum Gasteiger partial charge on any atom is 2.00 e. The molecule has 6 heavy (non-hydrogen) atoms. The molecule has 0 aromatic heterocycles. The van der Waals surface area contributed by atoms with Crippen molar-refractivity contribution in [3.8, 4) is 0 Å². The molecule has 0 heterocycles. The zero-order valence-electron chi connectivity index (χ0n) is 3.84. The molecule has 0 saturated carbocycles. The maximum absolute atomic E-state index is 0. The van der Waals surface area contributed by atoms with Crippen LogP contribution in [0, 0.1) is 0 Å². The molecular formula is BrCaCl2Li2+. The van der Waals surface area contributed by atoms with Gasteiger partial charge >= 0.3 is 75.5 Å². The van der Waals surface area contributed by atoms with Gasteiger partial charge in [0, 0.05) is 0 Å². The van der Waals surface area contributed by atoms with Gasteiger partial charge in [0.05, 0.1) is 0 Å². The third-order valence-electron chi connectivity index (χ3n) is 0. The molecule has 6 heteroatoms. The van der Waals surface area contributed by atoms with Crippen LogP contribution in [-0.4, -0.2) is 37.7 Å². The molecule has 0 aromatic rings. The van der Waals surface area contributed by atoms with E-state index in [-0.39, 0.29) is 117 Å². The predicted molar refractivity (Wildman–Crippen MR) is 5.75 cm³/mol. The van der Waals surface area contributed by atoms with E-state index < -0.39 is 0 Å². The van der Waals surface area contributed by atoms with Crippen LogP contribution in [0.15, 0.2) is 0 Å². The normalized spacial score (nSPS) is 0. The van der Waals surface area contributed by atoms with Crippen molar-refractivity contribution in [2.45, 2.75) is 0 Å². The summed E-state index contributed by atoms with van der Waals surface area (Å²) in [5, 5.41) is 0. The van der Waals surface area contributed by atoms with E-state index in [1.165, 1.54) is 0 Å². The minimum absolute atomic E-state index is 0. The van der Waals surface area contributed by atoms with Gasteiger partial charge in [-0.2, -0.15) is 0 Å². The second kappa shape index (κ2) is 38.9. The first kappa shape index (κ1) is 55.8. The van der Waals surface area contributed by atoms with Gasteiger partial charge in [0.25, 0.3) is 0 Å². The Balaban J connectivity index is 0. The van der Waals surface area contributed by atoms with Crippen LogP contribution in [0.5, 0.6) is 0 Å². The molecule has 0 fully saturated rings. The summed E-state index contributed by atoms with van der Waals surface area (Å²) < 4.78 is 0. The predicted octanol–water partition coefficient (Wildman–Crippen LogP) is -15.4. The summed E-state index contributed by atoms with van der Waals surface area (Å²) in [5.74, 6) is 0. The molecule has 0 spiro atoms. The Bertz CT molecular complexity index is 11.5. The standard InChI is InChI=1S/BrH.Ca.2ClH.2Li/h1H;;2*1H;;/q;+2;;;2*+1/p-3. The molecule has 0 saturated heterocycles. The van der Waals surface area contributed by atoms with Crippen molar-refractivity contribution in [2.24, 2.45) is 0 Å². The van der Waals surface area contributed by atoms with E-state index in [0.717, 1.165) is 0 Å². The molecule has 0 aliphatic carbocycles. The second-order valence-electron chi connectivity index (χ2n) is 0. The van der Waals surface area contributed by atoms with Gasteiger partial charge in [-0.3, -0.25) is 0 Å². The Morgan fingerprint density at radius 2 is 0.667 bits per heavy atom. The van der Waals surface area contributed by atoms with Gasteiger partial charge in [-0.15, -0.1) is 0 Å². The van der Waals surface area contributed by atoms with Gasteiger partial charge in [0.15, 0.2) is 0 Å². The fourth-order valence-electron chi connectivity index (χ4n) is 0. The fourth-order valence-corrected chi connectivity index (χ4v) is 0. The van der Waals surface area contributed by atoms with E-state index in [1.54, 1.807) is 0 Å². The van der Waals surface area contributed by atoms with Gasteiger partial charge in [-0.05, 0) is 0 Å². The summed E-state index contributed by atoms with van der Waals surface area (Å²) in [6.07, 6.45) is 0. The first-order chi connectivity index (χ1) is 0. The van der Waals surface area contributed by atoms with Crippen LogP contribution in [0.2, 0.25) is 0 Å². The number of hydrogen-bond donors (Lipinski definition) is 0. The van der Waals surface area contributed by atoms with Gasteiger partial charge < -0.3 is 41.8 Å². The molecular weight excluding hydrogens is 205 g/mol. The molecule has 0 atom stereocenters. The molecule has 0 unspecified atom stereocenters. The summed E-state index contributed by atoms with van der Waals surface area (Å²) in [6, 6.07) is 0. The Labute approximate surface area is 115 Å². The summed E-state index contributed by atoms with van der Waals surface area (Å²) in [5.41, 5.74) is 0. The maximum atomic E-state index is 0. The van der Waals surface area contributed by atoms with Crippen molar-refractivity contribution in [1.29, 1.82) is 0 Å². The molecule has 24 valence electrons. The third kappa shape index (κ3) is 25.8. The van der Waals surface area contributed by atoms with Gasteiger partial charge in [0.1, 0.15) is 0 Å². The zero-order valence-corrected chi connectivity index (χ0v) is 9.15. The van der Waals surface area contributed by atoms with E-state index in [1.807, 2.05) is 0 Å². The van der Waals surface area contributed by atoms with E-state index >= 15 is 0 Å². The molecule has 0 aliphatic rings. The van der Waals surface area contributed by atoms with Crippen LogP contribution in [0.4, 0.5) is 0 Å². The van der Waals surface area contributed by atoms with Crippen LogP contribution in [0.1, 0.15) is 0 Å². The van der Waals surface area contributed by atoms with Crippen LogP contribution >= 0.6 is 0 Å². The number of hydrogen-bond acceptors (Lipinski definition) is 0. The average Bonchev–Trinajstić information content (AvgIpc) is 0. The minimum Gasteiger partial charge on any atom is -1.00 e. The van der Waals surface area contributed by atoms with Crippen molar-refractivity contribution in [3.63, 3.8) is 0 Å². The summed E-state index contributed by atoms with van der Waals surface area (Å²) in [6.45, 7) is 0. The number of rotatable bonds is 0. The first-order valence-electron chi connectivity index (χ1n) is 0. The van der Waals surface area contributed by atoms with Crippen molar-refractivity contribution >= 4 is 37.7 Å². The molecule has 0 aliphatic heterocycles. The molecule has 0 N–H and O–H groups in total. The van der Waals surface area contributed by atoms with Crippen LogP contribution in [0.25, 0.3) is 0 Å². The largest absolute Gasteiger partial charge is 2.00 e. The minimum atomic E-state index is 0. The Kier molecular flexibility index (Phi) is 362. The SMILES string of the molecule is [Br-].[Ca+2].[Cl-].[Cl-].[Li+].[Li+]. The molecule has 0 bridgehead atoms. The number of halogens is 3. The monoisotopic (exact) mass is 203 g/mol. The van der Waals surface area contributed by atoms with E-state index in [0.29, 0.717) is 0 Å². The second-order valence-corrected chi connectivity index (χ2v) is 0. The summed E-state index contributed by atoms with van der Waals surface area (Å²) in [4.78, 5) is 0. The summed E-state index contributed by atoms with van der Waals surface area (Å²) in [7, 11) is 0. The van der Waals surface area contributed by atoms with Crippen molar-refractivity contribution < 1.29 is 79.5 Å². The Morgan fingerprint density at radius 1 is 0.667 bits per heavy atom. The topological polar surface area (TPSA) is 0 Å². The van der Waals surface area contributed by atoms with Gasteiger partial charge in [-0.1, -0.05) is 0 Å². The van der Waals surface area contributed by atoms with Crippen LogP contribution < -0.4 is 79.5 Å². The van der Waals surface area contributed by atoms with Crippen molar-refractivity contribution in [2.75, 3.05) is 0 Å². The van der Waals surface area contributed by atoms with E-state index in [4.69, 9.17) is 0 Å². The quantitative estimate of drug-likeness (QED) is 0.344. The average molecular weight is 205 g/mol. The van der Waals surface area contributed by atoms with Gasteiger partial charge in [0.2, 0.25) is 0 Å².